The fourth-order valence-corrected chi connectivity index (χ4v) is 5.71. The van der Waals surface area contributed by atoms with Gasteiger partial charge >= 0.3 is 0 Å². The van der Waals surface area contributed by atoms with Crippen LogP contribution in [0.1, 0.15) is 0 Å². The Labute approximate surface area is 195 Å². The first-order chi connectivity index (χ1) is 16.9. The van der Waals surface area contributed by atoms with Gasteiger partial charge in [0.25, 0.3) is 0 Å². The number of furan rings is 1. The van der Waals surface area contributed by atoms with E-state index in [4.69, 9.17) is 4.42 Å². The fraction of sp³-hybridized carbons (Fsp3) is 0. The van der Waals surface area contributed by atoms with Crippen molar-refractivity contribution in [3.8, 4) is 5.69 Å². The second kappa shape index (κ2) is 6.49. The molecule has 0 atom stereocenters. The number of benzene rings is 6. The molecule has 0 bridgehead atoms. The third-order valence-corrected chi connectivity index (χ3v) is 7.14. The van der Waals surface area contributed by atoms with Crippen LogP contribution in [0.2, 0.25) is 0 Å². The van der Waals surface area contributed by atoms with Gasteiger partial charge in [-0.3, -0.25) is 0 Å². The molecule has 0 aliphatic carbocycles. The van der Waals surface area contributed by atoms with Crippen LogP contribution in [0.15, 0.2) is 120 Å². The van der Waals surface area contributed by atoms with Crippen LogP contribution >= 0.6 is 0 Å². The molecular formula is C32H19NO. The Hall–Kier alpha value is -4.56. The molecule has 0 saturated heterocycles. The van der Waals surface area contributed by atoms with E-state index in [-0.39, 0.29) is 0 Å². The van der Waals surface area contributed by atoms with Crippen molar-refractivity contribution in [2.45, 2.75) is 0 Å². The van der Waals surface area contributed by atoms with Crippen LogP contribution in [0.3, 0.4) is 0 Å². The number of rotatable bonds is 1. The highest BCUT2D eigenvalue weighted by atomic mass is 16.3. The zero-order valence-corrected chi connectivity index (χ0v) is 18.3. The lowest BCUT2D eigenvalue weighted by Crippen LogP contribution is -1.94. The summed E-state index contributed by atoms with van der Waals surface area (Å²) >= 11 is 0. The number of para-hydroxylation sites is 2. The maximum atomic E-state index is 6.63. The lowest BCUT2D eigenvalue weighted by molar-refractivity contribution is 0.671. The van der Waals surface area contributed by atoms with Gasteiger partial charge in [0.2, 0.25) is 0 Å². The van der Waals surface area contributed by atoms with Gasteiger partial charge in [-0.05, 0) is 45.8 Å². The standard InChI is InChI=1S/C32H19NO/c1-2-10-21-19-22(18-17-20(21)9-1)33-27-15-7-5-13-25(27)29-23-11-3-4-12-24(23)30-26-14-6-8-16-28(26)34-32(30)31(29)33/h1-19H. The van der Waals surface area contributed by atoms with E-state index in [0.717, 1.165) is 27.8 Å². The van der Waals surface area contributed by atoms with Gasteiger partial charge in [0.05, 0.1) is 11.0 Å². The van der Waals surface area contributed by atoms with E-state index in [1.54, 1.807) is 0 Å². The van der Waals surface area contributed by atoms with E-state index in [9.17, 15) is 0 Å². The van der Waals surface area contributed by atoms with E-state index in [2.05, 4.69) is 114 Å². The summed E-state index contributed by atoms with van der Waals surface area (Å²) < 4.78 is 9.02. The molecule has 34 heavy (non-hydrogen) atoms. The molecule has 0 aliphatic rings. The molecular weight excluding hydrogens is 414 g/mol. The summed E-state index contributed by atoms with van der Waals surface area (Å²) in [5.41, 5.74) is 5.32. The van der Waals surface area contributed by atoms with E-state index in [0.29, 0.717) is 0 Å². The highest BCUT2D eigenvalue weighted by Crippen LogP contribution is 2.45. The number of fused-ring (bicyclic) bond motifs is 11. The maximum Gasteiger partial charge on any atom is 0.160 e. The van der Waals surface area contributed by atoms with Crippen LogP contribution in [0, 0.1) is 0 Å². The predicted molar refractivity (Wildman–Crippen MR) is 143 cm³/mol. The highest BCUT2D eigenvalue weighted by Gasteiger charge is 2.22. The van der Waals surface area contributed by atoms with Gasteiger partial charge in [-0.15, -0.1) is 0 Å². The highest BCUT2D eigenvalue weighted by molar-refractivity contribution is 6.35. The molecule has 2 aromatic heterocycles. The number of aromatic nitrogens is 1. The molecule has 0 N–H and O–H groups in total. The van der Waals surface area contributed by atoms with Crippen LogP contribution in [-0.4, -0.2) is 4.57 Å². The summed E-state index contributed by atoms with van der Waals surface area (Å²) in [5, 5.41) is 9.78. The van der Waals surface area contributed by atoms with Gasteiger partial charge in [0.15, 0.2) is 5.58 Å². The Balaban J connectivity index is 1.69. The third-order valence-electron chi connectivity index (χ3n) is 7.14. The van der Waals surface area contributed by atoms with Crippen molar-refractivity contribution in [2.24, 2.45) is 0 Å². The Morgan fingerprint density at radius 1 is 0.500 bits per heavy atom. The molecule has 158 valence electrons. The Morgan fingerprint density at radius 2 is 1.15 bits per heavy atom. The largest absolute Gasteiger partial charge is 0.454 e. The summed E-state index contributed by atoms with van der Waals surface area (Å²) in [6.45, 7) is 0. The van der Waals surface area contributed by atoms with Crippen LogP contribution < -0.4 is 0 Å². The van der Waals surface area contributed by atoms with Crippen LogP contribution in [0.25, 0.3) is 71.0 Å². The topological polar surface area (TPSA) is 18.1 Å². The molecule has 6 aromatic carbocycles. The van der Waals surface area contributed by atoms with Crippen LogP contribution in [0.4, 0.5) is 0 Å². The molecule has 2 heteroatoms. The SMILES string of the molecule is c1ccc2cc(-n3c4ccccc4c4c5ccccc5c5c6ccccc6oc5c43)ccc2c1. The average molecular weight is 434 g/mol. The molecule has 0 fully saturated rings. The number of nitrogens with zero attached hydrogens (tertiary/aromatic N) is 1. The third kappa shape index (κ3) is 2.24. The molecule has 0 saturated carbocycles. The summed E-state index contributed by atoms with van der Waals surface area (Å²) in [6, 6.07) is 41.0. The molecule has 8 rings (SSSR count). The lowest BCUT2D eigenvalue weighted by Gasteiger charge is -2.10. The fourth-order valence-electron chi connectivity index (χ4n) is 5.71. The number of hydrogen-bond acceptors (Lipinski definition) is 1. The zero-order chi connectivity index (χ0) is 22.2. The van der Waals surface area contributed by atoms with Crippen LogP contribution in [0.5, 0.6) is 0 Å². The average Bonchev–Trinajstić information content (AvgIpc) is 3.45. The van der Waals surface area contributed by atoms with Crippen molar-refractivity contribution in [3.63, 3.8) is 0 Å². The first kappa shape index (κ1) is 17.9. The van der Waals surface area contributed by atoms with Gasteiger partial charge in [0, 0.05) is 27.2 Å². The van der Waals surface area contributed by atoms with E-state index < -0.39 is 0 Å². The van der Waals surface area contributed by atoms with Gasteiger partial charge in [0.1, 0.15) is 5.58 Å². The first-order valence-electron chi connectivity index (χ1n) is 11.6. The van der Waals surface area contributed by atoms with Crippen molar-refractivity contribution < 1.29 is 4.42 Å². The first-order valence-corrected chi connectivity index (χ1v) is 11.6. The van der Waals surface area contributed by atoms with Crippen LogP contribution in [-0.2, 0) is 0 Å². The minimum Gasteiger partial charge on any atom is -0.454 e. The normalized spacial score (nSPS) is 12.1. The monoisotopic (exact) mass is 433 g/mol. The molecule has 8 aromatic rings. The minimum atomic E-state index is 0.922. The van der Waals surface area contributed by atoms with Crippen molar-refractivity contribution in [1.29, 1.82) is 0 Å². The molecule has 2 heterocycles. The van der Waals surface area contributed by atoms with Gasteiger partial charge in [-0.2, -0.15) is 0 Å². The second-order valence-corrected chi connectivity index (χ2v) is 8.96. The summed E-state index contributed by atoms with van der Waals surface area (Å²) in [5.74, 6) is 0. The molecule has 2 nitrogen and oxygen atoms in total. The van der Waals surface area contributed by atoms with Crippen molar-refractivity contribution in [1.82, 2.24) is 4.57 Å². The summed E-state index contributed by atoms with van der Waals surface area (Å²) in [6.07, 6.45) is 0. The summed E-state index contributed by atoms with van der Waals surface area (Å²) in [4.78, 5) is 0. The maximum absolute atomic E-state index is 6.63. The van der Waals surface area contributed by atoms with Crippen molar-refractivity contribution in [2.75, 3.05) is 0 Å². The van der Waals surface area contributed by atoms with E-state index >= 15 is 0 Å². The molecule has 0 radical (unpaired) electrons. The predicted octanol–water partition coefficient (Wildman–Crippen LogP) is 8.99. The second-order valence-electron chi connectivity index (χ2n) is 8.96. The Bertz CT molecular complexity index is 2070. The van der Waals surface area contributed by atoms with Crippen molar-refractivity contribution >= 4 is 65.3 Å². The zero-order valence-electron chi connectivity index (χ0n) is 18.3. The van der Waals surface area contributed by atoms with Gasteiger partial charge in [-0.1, -0.05) is 91.0 Å². The van der Waals surface area contributed by atoms with E-state index in [1.807, 2.05) is 6.07 Å². The van der Waals surface area contributed by atoms with E-state index in [1.165, 1.54) is 43.2 Å². The van der Waals surface area contributed by atoms with Gasteiger partial charge in [-0.25, -0.2) is 0 Å². The quantitative estimate of drug-likeness (QED) is 0.253. The van der Waals surface area contributed by atoms with Gasteiger partial charge < -0.3 is 8.98 Å². The lowest BCUT2D eigenvalue weighted by atomic mass is 9.99. The van der Waals surface area contributed by atoms with Crippen molar-refractivity contribution in [3.05, 3.63) is 115 Å². The number of hydrogen-bond donors (Lipinski definition) is 0. The molecule has 0 spiro atoms. The molecule has 0 aliphatic heterocycles. The molecule has 0 amide bonds. The Morgan fingerprint density at radius 3 is 2.00 bits per heavy atom. The summed E-state index contributed by atoms with van der Waals surface area (Å²) in [7, 11) is 0. The molecule has 0 unspecified atom stereocenters. The minimum absolute atomic E-state index is 0.922. The Kier molecular flexibility index (Phi) is 3.42. The smallest absolute Gasteiger partial charge is 0.160 e.